The van der Waals surface area contributed by atoms with Crippen molar-refractivity contribution in [2.75, 3.05) is 31.3 Å². The summed E-state index contributed by atoms with van der Waals surface area (Å²) in [5.74, 6) is 1.25. The fourth-order valence-electron chi connectivity index (χ4n) is 4.81. The molecule has 7 nitrogen and oxygen atoms in total. The molecule has 0 spiro atoms. The molecule has 1 aliphatic carbocycles. The molecule has 0 radical (unpaired) electrons. The van der Waals surface area contributed by atoms with E-state index in [-0.39, 0.29) is 37.3 Å². The first kappa shape index (κ1) is 29.2. The number of nitrogens with zero attached hydrogens (tertiary/aromatic N) is 2. The average Bonchev–Trinajstić information content (AvgIpc) is 3.22. The second-order valence-electron chi connectivity index (χ2n) is 9.68. The fourth-order valence-corrected chi connectivity index (χ4v) is 9.05. The van der Waals surface area contributed by atoms with E-state index in [1.54, 1.807) is 21.6 Å². The lowest BCUT2D eigenvalue weighted by molar-refractivity contribution is -0.0122. The molecule has 3 unspecified atom stereocenters. The number of fused-ring (bicyclic) bond motifs is 3. The summed E-state index contributed by atoms with van der Waals surface area (Å²) >= 11 is 0. The Morgan fingerprint density at radius 1 is 1.00 bits per heavy atom. The molecule has 0 aromatic heterocycles. The molecule has 0 bridgehead atoms. The summed E-state index contributed by atoms with van der Waals surface area (Å²) in [5.41, 5.74) is 4.70. The molecule has 2 aromatic rings. The first-order valence-corrected chi connectivity index (χ1v) is 16.5. The van der Waals surface area contributed by atoms with Gasteiger partial charge in [0, 0.05) is 29.5 Å². The highest BCUT2D eigenvalue weighted by molar-refractivity contribution is 8.76. The Morgan fingerprint density at radius 2 is 1.58 bits per heavy atom. The highest BCUT2D eigenvalue weighted by Crippen LogP contribution is 2.49. The highest BCUT2D eigenvalue weighted by Gasteiger charge is 2.37. The van der Waals surface area contributed by atoms with Gasteiger partial charge >= 0.3 is 6.16 Å². The molecule has 3 atom stereocenters. The molecule has 4 rings (SSSR count). The lowest BCUT2D eigenvalue weighted by Gasteiger charge is -2.39. The van der Waals surface area contributed by atoms with Crippen LogP contribution in [0.25, 0.3) is 16.0 Å². The lowest BCUT2D eigenvalue weighted by Crippen LogP contribution is -2.41. The van der Waals surface area contributed by atoms with Crippen molar-refractivity contribution in [3.05, 3.63) is 71.1 Å². The van der Waals surface area contributed by atoms with E-state index in [2.05, 4.69) is 61.5 Å². The van der Waals surface area contributed by atoms with Crippen molar-refractivity contribution in [3.63, 3.8) is 0 Å². The zero-order valence-corrected chi connectivity index (χ0v) is 24.8. The van der Waals surface area contributed by atoms with Gasteiger partial charge in [-0.15, -0.1) is 0 Å². The van der Waals surface area contributed by atoms with Gasteiger partial charge in [0.05, 0.1) is 0 Å². The topological polar surface area (TPSA) is 61.6 Å². The van der Waals surface area contributed by atoms with Crippen LogP contribution in [0.2, 0.25) is 0 Å². The number of hydrogen-bond acceptors (Lipinski definition) is 8. The van der Waals surface area contributed by atoms with Crippen LogP contribution in [0.3, 0.4) is 0 Å². The first-order valence-electron chi connectivity index (χ1n) is 12.9. The van der Waals surface area contributed by atoms with E-state index in [0.717, 1.165) is 11.1 Å². The van der Waals surface area contributed by atoms with Crippen LogP contribution in [0.5, 0.6) is 0 Å². The molecule has 1 aliphatic heterocycles. The number of ether oxygens (including phenoxy) is 2. The van der Waals surface area contributed by atoms with Crippen molar-refractivity contribution < 1.29 is 23.3 Å². The van der Waals surface area contributed by atoms with E-state index >= 15 is 0 Å². The van der Waals surface area contributed by atoms with E-state index in [1.807, 2.05) is 24.3 Å². The molecule has 2 aliphatic rings. The maximum atomic E-state index is 12.9. The lowest BCUT2D eigenvalue weighted by atomic mass is 9.98. The minimum atomic E-state index is -1.43. The van der Waals surface area contributed by atoms with Crippen molar-refractivity contribution in [2.45, 2.75) is 57.9 Å². The first-order chi connectivity index (χ1) is 18.4. The quantitative estimate of drug-likeness (QED) is 0.0906. The number of carbonyl (C=O) groups is 1. The standard InChI is InChI=1S/C28H35N2O5PS2/c1-19(2)30(20(3)4)36(33-15-14-29-5)35-27-18-38-37-17-26(27)34-28(31)32-16-25-23-12-8-6-10-21(23)22-11-7-9-13-24(22)25/h6-13,19-20,25-27H,14-18H2,1-4H3. The minimum Gasteiger partial charge on any atom is -0.433 e. The van der Waals surface area contributed by atoms with E-state index < -0.39 is 20.8 Å². The van der Waals surface area contributed by atoms with Gasteiger partial charge in [0.1, 0.15) is 25.4 Å². The van der Waals surface area contributed by atoms with Crippen LogP contribution in [-0.4, -0.2) is 66.4 Å². The Labute approximate surface area is 235 Å². The molecule has 10 heteroatoms. The molecule has 0 N–H and O–H groups in total. The summed E-state index contributed by atoms with van der Waals surface area (Å²) in [6, 6.07) is 16.9. The Kier molecular flexibility index (Phi) is 10.8. The monoisotopic (exact) mass is 574 g/mol. The van der Waals surface area contributed by atoms with Crippen LogP contribution in [0.4, 0.5) is 4.79 Å². The Hall–Kier alpha value is -1.79. The van der Waals surface area contributed by atoms with Gasteiger partial charge in [0.15, 0.2) is 0 Å². The van der Waals surface area contributed by atoms with Crippen molar-refractivity contribution in [1.29, 1.82) is 0 Å². The van der Waals surface area contributed by atoms with E-state index in [9.17, 15) is 4.79 Å². The van der Waals surface area contributed by atoms with Gasteiger partial charge in [-0.3, -0.25) is 0 Å². The number of carbonyl (C=O) groups excluding carboxylic acids is 1. The van der Waals surface area contributed by atoms with Crippen LogP contribution < -0.4 is 0 Å². The Bertz CT molecular complexity index is 1070. The summed E-state index contributed by atoms with van der Waals surface area (Å²) in [6.07, 6.45) is -1.46. The maximum absolute atomic E-state index is 12.9. The second-order valence-corrected chi connectivity index (χ2v) is 13.6. The fraction of sp³-hybridized carbons (Fsp3) is 0.500. The van der Waals surface area contributed by atoms with Gasteiger partial charge in [-0.1, -0.05) is 70.1 Å². The predicted octanol–water partition coefficient (Wildman–Crippen LogP) is 7.38. The minimum absolute atomic E-state index is 0.0207. The normalized spacial score (nSPS) is 19.7. The average molecular weight is 575 g/mol. The van der Waals surface area contributed by atoms with E-state index in [1.165, 1.54) is 11.1 Å². The third-order valence-electron chi connectivity index (χ3n) is 6.42. The third kappa shape index (κ3) is 7.04. The number of hydrogen-bond donors (Lipinski definition) is 0. The molecule has 1 heterocycles. The molecule has 0 amide bonds. The van der Waals surface area contributed by atoms with Gasteiger partial charge in [-0.2, -0.15) is 0 Å². The molecule has 2 aromatic carbocycles. The molecule has 38 heavy (non-hydrogen) atoms. The second kappa shape index (κ2) is 14.0. The van der Waals surface area contributed by atoms with Crippen LogP contribution in [-0.2, 0) is 18.5 Å². The largest absolute Gasteiger partial charge is 0.508 e. The number of rotatable bonds is 11. The van der Waals surface area contributed by atoms with Crippen LogP contribution in [0, 0.1) is 6.57 Å². The molecule has 1 saturated heterocycles. The van der Waals surface area contributed by atoms with E-state index in [4.69, 9.17) is 25.1 Å². The highest BCUT2D eigenvalue weighted by atomic mass is 33.1. The smallest absolute Gasteiger partial charge is 0.433 e. The van der Waals surface area contributed by atoms with Crippen molar-refractivity contribution in [2.24, 2.45) is 0 Å². The van der Waals surface area contributed by atoms with Crippen LogP contribution in [0.15, 0.2) is 48.5 Å². The maximum Gasteiger partial charge on any atom is 0.508 e. The zero-order chi connectivity index (χ0) is 27.1. The van der Waals surface area contributed by atoms with Crippen molar-refractivity contribution >= 4 is 36.3 Å². The summed E-state index contributed by atoms with van der Waals surface area (Å²) in [7, 11) is 1.93. The molecular weight excluding hydrogens is 539 g/mol. The zero-order valence-electron chi connectivity index (χ0n) is 22.2. The summed E-state index contributed by atoms with van der Waals surface area (Å²) in [4.78, 5) is 16.3. The summed E-state index contributed by atoms with van der Waals surface area (Å²) in [5, 5.41) is 0. The van der Waals surface area contributed by atoms with Gasteiger partial charge in [0.2, 0.25) is 6.54 Å². The number of benzene rings is 2. The van der Waals surface area contributed by atoms with Gasteiger partial charge < -0.3 is 23.4 Å². The predicted molar refractivity (Wildman–Crippen MR) is 156 cm³/mol. The Morgan fingerprint density at radius 3 is 2.16 bits per heavy atom. The van der Waals surface area contributed by atoms with Crippen molar-refractivity contribution in [1.82, 2.24) is 4.67 Å². The molecule has 0 saturated carbocycles. The summed E-state index contributed by atoms with van der Waals surface area (Å²) in [6.45, 7) is 16.3. The van der Waals surface area contributed by atoms with Crippen LogP contribution >= 0.6 is 30.1 Å². The van der Waals surface area contributed by atoms with E-state index in [0.29, 0.717) is 18.1 Å². The van der Waals surface area contributed by atoms with Gasteiger partial charge in [-0.05, 0) is 49.9 Å². The third-order valence-corrected chi connectivity index (χ3v) is 11.0. The molecule has 1 fully saturated rings. The van der Waals surface area contributed by atoms with Crippen molar-refractivity contribution in [3.8, 4) is 11.1 Å². The molecular formula is C28H35N2O5PS2. The molecule has 204 valence electrons. The van der Waals surface area contributed by atoms with Gasteiger partial charge in [0.25, 0.3) is 8.53 Å². The SMILES string of the molecule is [C-]#[N+]CCOP(OC1CSSCC1OC(=O)OCC1c2ccccc2-c2ccccc21)N(C(C)C)C(C)C. The Balaban J connectivity index is 1.40. The summed E-state index contributed by atoms with van der Waals surface area (Å²) < 4.78 is 26.3. The van der Waals surface area contributed by atoms with Crippen LogP contribution in [0.1, 0.15) is 44.7 Å². The van der Waals surface area contributed by atoms with Gasteiger partial charge in [-0.25, -0.2) is 16.0 Å².